The zero-order chi connectivity index (χ0) is 5.28. The van der Waals surface area contributed by atoms with E-state index >= 15 is 0 Å². The first-order valence-corrected chi connectivity index (χ1v) is 2.32. The maximum absolute atomic E-state index is 5.22. The quantitative estimate of drug-likeness (QED) is 0.469. The van der Waals surface area contributed by atoms with Crippen LogP contribution in [0.5, 0.6) is 0 Å². The zero-order valence-corrected chi connectivity index (χ0v) is 4.78. The number of hydrogen-bond acceptors (Lipinski definition) is 3. The smallest absolute Gasteiger partial charge is 0.306 e. The molecule has 0 fully saturated rings. The minimum atomic E-state index is 0.0926. The van der Waals surface area contributed by atoms with Crippen LogP contribution in [-0.4, -0.2) is 16.6 Å². The van der Waals surface area contributed by atoms with E-state index in [2.05, 4.69) is 9.83 Å². The molecule has 1 aliphatic heterocycles. The van der Waals surface area contributed by atoms with Crippen molar-refractivity contribution >= 4 is 28.7 Å². The standard InChI is InChI=1S/C2H2Cl2N2O/c3-2-5-1-6(4)7-2/h1H2. The molecular formula is C2H2Cl2N2O. The second-order valence-electron chi connectivity index (χ2n) is 0.961. The van der Waals surface area contributed by atoms with Gasteiger partial charge in [-0.25, -0.2) is 4.99 Å². The zero-order valence-electron chi connectivity index (χ0n) is 3.27. The molecule has 0 atom stereocenters. The Hall–Kier alpha value is 0.01000. The van der Waals surface area contributed by atoms with E-state index in [1.165, 1.54) is 0 Å². The Morgan fingerprint density at radius 1 is 1.86 bits per heavy atom. The molecule has 0 amide bonds. The number of aliphatic imine (C=N–C) groups is 1. The number of hydrogen-bond donors (Lipinski definition) is 0. The molecule has 0 aromatic carbocycles. The number of rotatable bonds is 0. The Morgan fingerprint density at radius 2 is 2.57 bits per heavy atom. The Labute approximate surface area is 50.5 Å². The van der Waals surface area contributed by atoms with Gasteiger partial charge in [0.25, 0.3) is 0 Å². The fourth-order valence-corrected chi connectivity index (χ4v) is 0.542. The first kappa shape index (κ1) is 5.15. The normalized spacial score (nSPS) is 21.7. The number of hydroxylamine groups is 1. The molecule has 40 valence electrons. The van der Waals surface area contributed by atoms with Crippen LogP contribution in [0.1, 0.15) is 0 Å². The van der Waals surface area contributed by atoms with Crippen LogP contribution >= 0.6 is 23.4 Å². The lowest BCUT2D eigenvalue weighted by atomic mass is 11.2. The van der Waals surface area contributed by atoms with Crippen molar-refractivity contribution in [2.24, 2.45) is 4.99 Å². The van der Waals surface area contributed by atoms with Gasteiger partial charge in [-0.05, 0) is 16.2 Å². The van der Waals surface area contributed by atoms with Crippen molar-refractivity contribution in [3.8, 4) is 0 Å². The maximum atomic E-state index is 5.22. The van der Waals surface area contributed by atoms with Gasteiger partial charge in [-0.15, -0.1) is 0 Å². The van der Waals surface area contributed by atoms with Gasteiger partial charge < -0.3 is 4.84 Å². The van der Waals surface area contributed by atoms with Crippen LogP contribution in [0.4, 0.5) is 0 Å². The van der Waals surface area contributed by atoms with Gasteiger partial charge in [0, 0.05) is 11.8 Å². The third-order valence-corrected chi connectivity index (χ3v) is 0.845. The van der Waals surface area contributed by atoms with Crippen molar-refractivity contribution in [2.45, 2.75) is 0 Å². The van der Waals surface area contributed by atoms with Crippen LogP contribution in [0, 0.1) is 0 Å². The highest BCUT2D eigenvalue weighted by atomic mass is 35.5. The molecule has 0 saturated heterocycles. The molecule has 3 nitrogen and oxygen atoms in total. The summed E-state index contributed by atoms with van der Waals surface area (Å²) < 4.78 is 1.02. The number of halogens is 2. The maximum Gasteiger partial charge on any atom is 0.306 e. The van der Waals surface area contributed by atoms with Crippen molar-refractivity contribution < 1.29 is 4.84 Å². The third-order valence-electron chi connectivity index (χ3n) is 0.481. The Bertz CT molecular complexity index is 104. The molecule has 1 heterocycles. The number of nitrogens with zero attached hydrogens (tertiary/aromatic N) is 2. The molecule has 0 radical (unpaired) electrons. The fraction of sp³-hybridized carbons (Fsp3) is 0.500. The molecule has 0 spiro atoms. The second kappa shape index (κ2) is 1.86. The van der Waals surface area contributed by atoms with Crippen molar-refractivity contribution in [1.82, 2.24) is 4.58 Å². The van der Waals surface area contributed by atoms with Gasteiger partial charge in [0.15, 0.2) is 0 Å². The van der Waals surface area contributed by atoms with E-state index < -0.39 is 0 Å². The van der Waals surface area contributed by atoms with Gasteiger partial charge in [0.2, 0.25) is 0 Å². The molecule has 5 heteroatoms. The van der Waals surface area contributed by atoms with Crippen LogP contribution in [0.2, 0.25) is 0 Å². The Balaban J connectivity index is 2.42. The molecule has 1 aliphatic rings. The average Bonchev–Trinajstić information content (AvgIpc) is 1.87. The summed E-state index contributed by atoms with van der Waals surface area (Å²) in [6, 6.07) is 0. The van der Waals surface area contributed by atoms with E-state index in [-0.39, 0.29) is 5.36 Å². The minimum absolute atomic E-state index is 0.0926. The van der Waals surface area contributed by atoms with E-state index in [9.17, 15) is 0 Å². The largest absolute Gasteiger partial charge is 0.356 e. The molecule has 7 heavy (non-hydrogen) atoms. The molecule has 0 bridgehead atoms. The lowest BCUT2D eigenvalue weighted by Gasteiger charge is -1.97. The SMILES string of the molecule is ClC1=NCN(Cl)O1. The molecule has 0 aliphatic carbocycles. The lowest BCUT2D eigenvalue weighted by molar-refractivity contribution is 0.0568. The fourth-order valence-electron chi connectivity index (χ4n) is 0.251. The Kier molecular flexibility index (Phi) is 1.37. The van der Waals surface area contributed by atoms with Gasteiger partial charge in [-0.2, -0.15) is 0 Å². The monoisotopic (exact) mass is 140 g/mol. The predicted octanol–water partition coefficient (Wildman–Crippen LogP) is 0.940. The molecule has 1 rings (SSSR count). The van der Waals surface area contributed by atoms with Crippen LogP contribution in [0.15, 0.2) is 4.99 Å². The van der Waals surface area contributed by atoms with Crippen molar-refractivity contribution in [3.63, 3.8) is 0 Å². The topological polar surface area (TPSA) is 24.8 Å². The van der Waals surface area contributed by atoms with E-state index in [1.807, 2.05) is 0 Å². The van der Waals surface area contributed by atoms with Gasteiger partial charge in [-0.1, -0.05) is 0 Å². The van der Waals surface area contributed by atoms with Crippen LogP contribution < -0.4 is 0 Å². The summed E-state index contributed by atoms with van der Waals surface area (Å²) >= 11 is 10.4. The minimum Gasteiger partial charge on any atom is -0.356 e. The summed E-state index contributed by atoms with van der Waals surface area (Å²) in [6.45, 7) is 0.306. The first-order chi connectivity index (χ1) is 3.29. The molecule has 0 saturated carbocycles. The summed E-state index contributed by atoms with van der Waals surface area (Å²) in [6.07, 6.45) is 0. The highest BCUT2D eigenvalue weighted by Gasteiger charge is 2.10. The lowest BCUT2D eigenvalue weighted by Crippen LogP contribution is -2.04. The predicted molar refractivity (Wildman–Crippen MR) is 26.9 cm³/mol. The molecule has 0 unspecified atom stereocenters. The first-order valence-electron chi connectivity index (χ1n) is 1.60. The van der Waals surface area contributed by atoms with Crippen molar-refractivity contribution in [3.05, 3.63) is 0 Å². The van der Waals surface area contributed by atoms with Gasteiger partial charge in [0.1, 0.15) is 6.67 Å². The van der Waals surface area contributed by atoms with Gasteiger partial charge >= 0.3 is 5.36 Å². The molecule has 0 aromatic rings. The van der Waals surface area contributed by atoms with Gasteiger partial charge in [-0.3, -0.25) is 0 Å². The molecular weight excluding hydrogens is 139 g/mol. The summed E-state index contributed by atoms with van der Waals surface area (Å²) in [5.41, 5.74) is 0. The van der Waals surface area contributed by atoms with Crippen LogP contribution in [0.25, 0.3) is 0 Å². The van der Waals surface area contributed by atoms with Crippen LogP contribution in [0.3, 0.4) is 0 Å². The van der Waals surface area contributed by atoms with E-state index in [0.29, 0.717) is 6.67 Å². The average molecular weight is 141 g/mol. The highest BCUT2D eigenvalue weighted by molar-refractivity contribution is 6.63. The van der Waals surface area contributed by atoms with E-state index in [4.69, 9.17) is 23.4 Å². The summed E-state index contributed by atoms with van der Waals surface area (Å²) in [5.74, 6) is 0. The summed E-state index contributed by atoms with van der Waals surface area (Å²) in [4.78, 5) is 8.05. The Morgan fingerprint density at radius 3 is 2.71 bits per heavy atom. The van der Waals surface area contributed by atoms with E-state index in [1.54, 1.807) is 0 Å². The highest BCUT2D eigenvalue weighted by Crippen LogP contribution is 2.06. The summed E-state index contributed by atoms with van der Waals surface area (Å²) in [5, 5.41) is 0.0926. The second-order valence-corrected chi connectivity index (χ2v) is 1.66. The van der Waals surface area contributed by atoms with Crippen LogP contribution in [-0.2, 0) is 4.84 Å². The van der Waals surface area contributed by atoms with Crippen molar-refractivity contribution in [2.75, 3.05) is 6.67 Å². The van der Waals surface area contributed by atoms with Gasteiger partial charge in [0.05, 0.1) is 0 Å². The summed E-state index contributed by atoms with van der Waals surface area (Å²) in [7, 11) is 0. The third kappa shape index (κ3) is 1.19. The molecule has 0 aromatic heterocycles. The van der Waals surface area contributed by atoms with E-state index in [0.717, 1.165) is 4.58 Å². The van der Waals surface area contributed by atoms with Crippen molar-refractivity contribution in [1.29, 1.82) is 0 Å². The molecule has 0 N–H and O–H groups in total.